The average Bonchev–Trinajstić information content (AvgIpc) is 2.41. The second-order valence-electron chi connectivity index (χ2n) is 3.59. The van der Waals surface area contributed by atoms with Crippen molar-refractivity contribution in [1.82, 2.24) is 4.98 Å². The molecule has 0 aliphatic rings. The fourth-order valence-corrected chi connectivity index (χ4v) is 2.45. The summed E-state index contributed by atoms with van der Waals surface area (Å²) in [5.41, 5.74) is 0.0436. The number of methoxy groups -OCH3 is 1. The Bertz CT molecular complexity index is 619. The van der Waals surface area contributed by atoms with E-state index in [0.717, 1.165) is 10.6 Å². The van der Waals surface area contributed by atoms with Crippen molar-refractivity contribution in [2.24, 2.45) is 0 Å². The number of rotatable bonds is 4. The van der Waals surface area contributed by atoms with Gasteiger partial charge in [-0.05, 0) is 24.3 Å². The lowest BCUT2D eigenvalue weighted by Crippen LogP contribution is -1.98. The van der Waals surface area contributed by atoms with E-state index in [4.69, 9.17) is 21.4 Å². The summed E-state index contributed by atoms with van der Waals surface area (Å²) in [5, 5.41) is 9.69. The van der Waals surface area contributed by atoms with E-state index in [1.165, 1.54) is 24.0 Å². The highest BCUT2D eigenvalue weighted by molar-refractivity contribution is 7.99. The van der Waals surface area contributed by atoms with Gasteiger partial charge in [-0.2, -0.15) is 0 Å². The molecule has 1 aromatic carbocycles. The molecule has 1 aromatic heterocycles. The van der Waals surface area contributed by atoms with Crippen molar-refractivity contribution in [2.45, 2.75) is 9.92 Å². The highest BCUT2D eigenvalue weighted by Gasteiger charge is 2.11. The van der Waals surface area contributed by atoms with Crippen LogP contribution in [0.25, 0.3) is 0 Å². The van der Waals surface area contributed by atoms with Crippen molar-refractivity contribution in [1.29, 1.82) is 0 Å². The average molecular weight is 296 g/mol. The van der Waals surface area contributed by atoms with Gasteiger partial charge in [0.05, 0.1) is 17.7 Å². The molecule has 0 fully saturated rings. The van der Waals surface area contributed by atoms with Crippen LogP contribution >= 0.6 is 23.4 Å². The van der Waals surface area contributed by atoms with Crippen LogP contribution in [0, 0.1) is 0 Å². The van der Waals surface area contributed by atoms with Gasteiger partial charge in [0, 0.05) is 11.1 Å². The highest BCUT2D eigenvalue weighted by atomic mass is 35.5. The largest absolute Gasteiger partial charge is 0.497 e. The summed E-state index contributed by atoms with van der Waals surface area (Å²) in [7, 11) is 1.59. The molecule has 0 saturated carbocycles. The van der Waals surface area contributed by atoms with E-state index in [0.29, 0.717) is 5.03 Å². The molecule has 0 amide bonds. The van der Waals surface area contributed by atoms with Gasteiger partial charge >= 0.3 is 5.97 Å². The molecule has 2 rings (SSSR count). The predicted octanol–water partition coefficient (Wildman–Crippen LogP) is 3.59. The topological polar surface area (TPSA) is 59.4 Å². The number of carbonyl (C=O) groups is 1. The van der Waals surface area contributed by atoms with Crippen molar-refractivity contribution >= 4 is 29.3 Å². The van der Waals surface area contributed by atoms with E-state index in [2.05, 4.69) is 4.98 Å². The minimum atomic E-state index is -1.07. The number of aromatic carboxylic acids is 1. The van der Waals surface area contributed by atoms with Gasteiger partial charge in [0.15, 0.2) is 0 Å². The molecule has 6 heteroatoms. The number of hydrogen-bond acceptors (Lipinski definition) is 4. The second-order valence-corrected chi connectivity index (χ2v) is 5.09. The predicted molar refractivity (Wildman–Crippen MR) is 73.3 cm³/mol. The van der Waals surface area contributed by atoms with Crippen LogP contribution in [0.2, 0.25) is 5.02 Å². The van der Waals surface area contributed by atoms with Crippen LogP contribution in [0.3, 0.4) is 0 Å². The third-order valence-electron chi connectivity index (χ3n) is 2.32. The second kappa shape index (κ2) is 5.95. The molecule has 0 unspecified atom stereocenters. The molecule has 0 radical (unpaired) electrons. The Hall–Kier alpha value is -1.72. The Kier molecular flexibility index (Phi) is 4.29. The number of aromatic nitrogens is 1. The minimum absolute atomic E-state index is 0.0436. The van der Waals surface area contributed by atoms with Crippen molar-refractivity contribution in [3.05, 3.63) is 47.1 Å². The zero-order chi connectivity index (χ0) is 13.8. The van der Waals surface area contributed by atoms with Crippen molar-refractivity contribution < 1.29 is 14.6 Å². The molecule has 1 N–H and O–H groups in total. The van der Waals surface area contributed by atoms with Crippen LogP contribution in [-0.2, 0) is 0 Å². The molecule has 4 nitrogen and oxygen atoms in total. The molecule has 98 valence electrons. The Balaban J connectivity index is 2.28. The normalized spacial score (nSPS) is 10.2. The van der Waals surface area contributed by atoms with Gasteiger partial charge in [-0.3, -0.25) is 0 Å². The lowest BCUT2D eigenvalue weighted by Gasteiger charge is -2.05. The quantitative estimate of drug-likeness (QED) is 0.934. The number of carboxylic acid groups (broad SMARTS) is 1. The first-order chi connectivity index (χ1) is 9.10. The van der Waals surface area contributed by atoms with E-state index >= 15 is 0 Å². The molecule has 0 aliphatic heterocycles. The van der Waals surface area contributed by atoms with Crippen LogP contribution in [0.5, 0.6) is 5.75 Å². The van der Waals surface area contributed by atoms with E-state index in [1.54, 1.807) is 7.11 Å². The van der Waals surface area contributed by atoms with Crippen LogP contribution in [0.1, 0.15) is 10.4 Å². The molecule has 0 aliphatic carbocycles. The molecule has 19 heavy (non-hydrogen) atoms. The zero-order valence-electron chi connectivity index (χ0n) is 9.96. The lowest BCUT2D eigenvalue weighted by atomic mass is 10.3. The van der Waals surface area contributed by atoms with E-state index in [1.807, 2.05) is 24.3 Å². The molecule has 0 saturated heterocycles. The van der Waals surface area contributed by atoms with Gasteiger partial charge in [0.25, 0.3) is 0 Å². The summed E-state index contributed by atoms with van der Waals surface area (Å²) in [6.45, 7) is 0. The zero-order valence-corrected chi connectivity index (χ0v) is 11.5. The maximum absolute atomic E-state index is 11.0. The Morgan fingerprint density at radius 2 is 2.21 bits per heavy atom. The molecule has 1 heterocycles. The smallest absolute Gasteiger partial charge is 0.337 e. The fraction of sp³-hybridized carbons (Fsp3) is 0.0769. The van der Waals surface area contributed by atoms with Crippen LogP contribution < -0.4 is 4.74 Å². The summed E-state index contributed by atoms with van der Waals surface area (Å²) in [6.07, 6.45) is 1.34. The number of hydrogen-bond donors (Lipinski definition) is 1. The maximum atomic E-state index is 11.0. The number of pyridine rings is 1. The van der Waals surface area contributed by atoms with E-state index in [9.17, 15) is 4.79 Å². The van der Waals surface area contributed by atoms with Gasteiger partial charge < -0.3 is 9.84 Å². The summed E-state index contributed by atoms with van der Waals surface area (Å²) >= 11 is 7.11. The summed E-state index contributed by atoms with van der Waals surface area (Å²) in [6, 6.07) is 8.89. The Morgan fingerprint density at radius 1 is 1.42 bits per heavy atom. The number of halogens is 1. The minimum Gasteiger partial charge on any atom is -0.497 e. The third-order valence-corrected chi connectivity index (χ3v) is 3.55. The highest BCUT2D eigenvalue weighted by Crippen LogP contribution is 2.30. The SMILES string of the molecule is COc1cccc(Sc2cc(C(=O)O)c(Cl)cn2)c1. The summed E-state index contributed by atoms with van der Waals surface area (Å²) < 4.78 is 5.12. The standard InChI is InChI=1S/C13H10ClNO3S/c1-18-8-3-2-4-9(5-8)19-12-6-10(13(16)17)11(14)7-15-12/h2-7H,1H3,(H,16,17). The number of benzene rings is 1. The van der Waals surface area contributed by atoms with E-state index < -0.39 is 5.97 Å². The number of carboxylic acids is 1. The van der Waals surface area contributed by atoms with E-state index in [-0.39, 0.29) is 10.6 Å². The molecular weight excluding hydrogens is 286 g/mol. The van der Waals surface area contributed by atoms with Crippen LogP contribution in [0.15, 0.2) is 46.5 Å². The first kappa shape index (κ1) is 13.7. The van der Waals surface area contributed by atoms with Crippen LogP contribution in [0.4, 0.5) is 0 Å². The first-order valence-corrected chi connectivity index (χ1v) is 6.50. The molecule has 0 bridgehead atoms. The molecule has 0 spiro atoms. The number of nitrogens with zero attached hydrogens (tertiary/aromatic N) is 1. The van der Waals surface area contributed by atoms with Gasteiger partial charge in [-0.15, -0.1) is 0 Å². The van der Waals surface area contributed by atoms with Gasteiger partial charge in [0.2, 0.25) is 0 Å². The van der Waals surface area contributed by atoms with Gasteiger partial charge in [0.1, 0.15) is 10.8 Å². The van der Waals surface area contributed by atoms with Crippen molar-refractivity contribution in [3.8, 4) is 5.75 Å². The Morgan fingerprint density at radius 3 is 2.89 bits per heavy atom. The summed E-state index contributed by atoms with van der Waals surface area (Å²) in [5.74, 6) is -0.336. The van der Waals surface area contributed by atoms with Gasteiger partial charge in [-0.25, -0.2) is 9.78 Å². The lowest BCUT2D eigenvalue weighted by molar-refractivity contribution is 0.0696. The Labute approximate surface area is 119 Å². The number of ether oxygens (including phenoxy) is 1. The first-order valence-electron chi connectivity index (χ1n) is 5.31. The van der Waals surface area contributed by atoms with Crippen LogP contribution in [-0.4, -0.2) is 23.2 Å². The molecule has 0 atom stereocenters. The molecular formula is C13H10ClNO3S. The molecule has 2 aromatic rings. The van der Waals surface area contributed by atoms with Gasteiger partial charge in [-0.1, -0.05) is 29.4 Å². The maximum Gasteiger partial charge on any atom is 0.337 e. The monoisotopic (exact) mass is 295 g/mol. The van der Waals surface area contributed by atoms with Crippen molar-refractivity contribution in [3.63, 3.8) is 0 Å². The third kappa shape index (κ3) is 3.39. The van der Waals surface area contributed by atoms with Crippen molar-refractivity contribution in [2.75, 3.05) is 7.11 Å². The fourth-order valence-electron chi connectivity index (χ4n) is 1.42. The summed E-state index contributed by atoms with van der Waals surface area (Å²) in [4.78, 5) is 16.0.